The highest BCUT2D eigenvalue weighted by Gasteiger charge is 2.49. The van der Waals surface area contributed by atoms with Crippen LogP contribution >= 0.6 is 0 Å². The summed E-state index contributed by atoms with van der Waals surface area (Å²) in [5, 5.41) is 5.32. The van der Waals surface area contributed by atoms with Crippen LogP contribution in [-0.4, -0.2) is 33.2 Å². The van der Waals surface area contributed by atoms with Crippen LogP contribution in [-0.2, 0) is 14.0 Å². The third kappa shape index (κ3) is 7.65. The third-order valence-electron chi connectivity index (χ3n) is 6.10. The molecule has 1 amide bonds. The van der Waals surface area contributed by atoms with Crippen molar-refractivity contribution in [3.05, 3.63) is 60.7 Å². The van der Waals surface area contributed by atoms with Gasteiger partial charge >= 0.3 is 0 Å². The standard InChI is InChI=1S/C28H41NO3Si/c1-5-6-10-21-26(30)27(31)29-22-15-9-16-23-32-33(28(2,3)4,24-17-11-7-12-18-24)25-19-13-8-14-20-25/h7-8,11-14,17-20H,5-6,9-10,15-16,21-23H2,1-4H3,(H,29,31). The molecule has 0 atom stereocenters. The van der Waals surface area contributed by atoms with E-state index in [4.69, 9.17) is 4.43 Å². The van der Waals surface area contributed by atoms with Crippen molar-refractivity contribution >= 4 is 30.4 Å². The number of carbonyl (C=O) groups excluding carboxylic acids is 2. The second kappa shape index (κ2) is 13.5. The molecule has 0 bridgehead atoms. The van der Waals surface area contributed by atoms with Crippen LogP contribution in [0.4, 0.5) is 0 Å². The van der Waals surface area contributed by atoms with Crippen molar-refractivity contribution in [3.63, 3.8) is 0 Å². The molecule has 5 heteroatoms. The zero-order chi connectivity index (χ0) is 24.2. The fourth-order valence-electron chi connectivity index (χ4n) is 4.34. The largest absolute Gasteiger partial charge is 0.407 e. The summed E-state index contributed by atoms with van der Waals surface area (Å²) in [6.45, 7) is 10.2. The first-order chi connectivity index (χ1) is 15.8. The highest BCUT2D eigenvalue weighted by atomic mass is 28.4. The van der Waals surface area contributed by atoms with Crippen molar-refractivity contribution in [1.82, 2.24) is 5.32 Å². The van der Waals surface area contributed by atoms with E-state index in [1.807, 2.05) is 0 Å². The molecule has 2 rings (SSSR count). The zero-order valence-electron chi connectivity index (χ0n) is 20.9. The Hall–Kier alpha value is -2.24. The van der Waals surface area contributed by atoms with Crippen LogP contribution in [0.1, 0.15) is 72.6 Å². The lowest BCUT2D eigenvalue weighted by atomic mass is 10.1. The van der Waals surface area contributed by atoms with E-state index in [9.17, 15) is 9.59 Å². The Bertz CT molecular complexity index is 807. The van der Waals surface area contributed by atoms with Crippen LogP contribution in [0.15, 0.2) is 60.7 Å². The average Bonchev–Trinajstić information content (AvgIpc) is 2.81. The van der Waals surface area contributed by atoms with Gasteiger partial charge in [-0.3, -0.25) is 9.59 Å². The van der Waals surface area contributed by atoms with Crippen LogP contribution in [0.3, 0.4) is 0 Å². The molecule has 33 heavy (non-hydrogen) atoms. The normalized spacial score (nSPS) is 11.9. The fourth-order valence-corrected chi connectivity index (χ4v) is 8.95. The lowest BCUT2D eigenvalue weighted by Crippen LogP contribution is -2.66. The monoisotopic (exact) mass is 467 g/mol. The van der Waals surface area contributed by atoms with Gasteiger partial charge in [-0.2, -0.15) is 0 Å². The Morgan fingerprint density at radius 2 is 1.39 bits per heavy atom. The Morgan fingerprint density at radius 3 is 1.91 bits per heavy atom. The molecule has 0 aliphatic heterocycles. The first-order valence-corrected chi connectivity index (χ1v) is 14.3. The smallest absolute Gasteiger partial charge is 0.287 e. The number of benzene rings is 2. The molecule has 0 fully saturated rings. The van der Waals surface area contributed by atoms with Gasteiger partial charge in [0.1, 0.15) is 0 Å². The fraction of sp³-hybridized carbons (Fsp3) is 0.500. The van der Waals surface area contributed by atoms with E-state index in [0.29, 0.717) is 19.6 Å². The van der Waals surface area contributed by atoms with Crippen molar-refractivity contribution in [3.8, 4) is 0 Å². The van der Waals surface area contributed by atoms with Crippen molar-refractivity contribution in [2.75, 3.05) is 13.2 Å². The van der Waals surface area contributed by atoms with E-state index in [1.165, 1.54) is 10.4 Å². The number of unbranched alkanes of at least 4 members (excludes halogenated alkanes) is 4. The van der Waals surface area contributed by atoms with Gasteiger partial charge in [-0.15, -0.1) is 0 Å². The van der Waals surface area contributed by atoms with Crippen LogP contribution in [0, 0.1) is 0 Å². The van der Waals surface area contributed by atoms with Crippen LogP contribution in [0.5, 0.6) is 0 Å². The Labute approximate surface area is 201 Å². The van der Waals surface area contributed by atoms with Gasteiger partial charge in [0.2, 0.25) is 5.78 Å². The van der Waals surface area contributed by atoms with Crippen molar-refractivity contribution < 1.29 is 14.0 Å². The molecule has 0 aromatic heterocycles. The number of amides is 1. The highest BCUT2D eigenvalue weighted by Crippen LogP contribution is 2.36. The topological polar surface area (TPSA) is 55.4 Å². The lowest BCUT2D eigenvalue weighted by molar-refractivity contribution is -0.138. The second-order valence-electron chi connectivity index (χ2n) is 9.71. The summed E-state index contributed by atoms with van der Waals surface area (Å²) in [7, 11) is -2.48. The SMILES string of the molecule is CCCCCC(=O)C(=O)NCCCCCO[Si](c1ccccc1)(c1ccccc1)C(C)(C)C. The van der Waals surface area contributed by atoms with Crippen LogP contribution in [0.25, 0.3) is 0 Å². The molecule has 180 valence electrons. The summed E-state index contributed by atoms with van der Waals surface area (Å²) < 4.78 is 6.88. The average molecular weight is 468 g/mol. The predicted molar refractivity (Wildman–Crippen MR) is 140 cm³/mol. The maximum absolute atomic E-state index is 11.9. The first kappa shape index (κ1) is 27.0. The number of ketones is 1. The molecule has 0 radical (unpaired) electrons. The van der Waals surface area contributed by atoms with E-state index < -0.39 is 14.2 Å². The number of hydrogen-bond acceptors (Lipinski definition) is 3. The van der Waals surface area contributed by atoms with E-state index in [-0.39, 0.29) is 10.8 Å². The summed E-state index contributed by atoms with van der Waals surface area (Å²) in [5.41, 5.74) is 0. The van der Waals surface area contributed by atoms with Crippen LogP contribution in [0.2, 0.25) is 5.04 Å². The van der Waals surface area contributed by atoms with Crippen molar-refractivity contribution in [1.29, 1.82) is 0 Å². The molecular weight excluding hydrogens is 426 g/mol. The number of rotatable bonds is 14. The molecule has 2 aromatic carbocycles. The Balaban J connectivity index is 1.92. The maximum atomic E-state index is 11.9. The minimum absolute atomic E-state index is 0.0260. The van der Waals surface area contributed by atoms with E-state index in [1.54, 1.807) is 0 Å². The quantitative estimate of drug-likeness (QED) is 0.242. The minimum Gasteiger partial charge on any atom is -0.407 e. The zero-order valence-corrected chi connectivity index (χ0v) is 21.9. The van der Waals surface area contributed by atoms with Gasteiger partial charge in [0, 0.05) is 19.6 Å². The van der Waals surface area contributed by atoms with Crippen molar-refractivity contribution in [2.24, 2.45) is 0 Å². The Kier molecular flexibility index (Phi) is 11.0. The van der Waals surface area contributed by atoms with Crippen molar-refractivity contribution in [2.45, 2.75) is 77.7 Å². The summed E-state index contributed by atoms with van der Waals surface area (Å²) in [6, 6.07) is 21.3. The molecule has 0 aliphatic carbocycles. The van der Waals surface area contributed by atoms with Gasteiger partial charge in [0.25, 0.3) is 14.2 Å². The molecule has 0 saturated heterocycles. The molecule has 1 N–H and O–H groups in total. The summed E-state index contributed by atoms with van der Waals surface area (Å²) in [6.07, 6.45) is 5.90. The molecule has 0 aliphatic rings. The molecule has 2 aromatic rings. The number of Topliss-reactive ketones (excluding diaryl/α,β-unsaturated/α-hetero) is 1. The molecule has 0 spiro atoms. The maximum Gasteiger partial charge on any atom is 0.287 e. The van der Waals surface area contributed by atoms with E-state index in [2.05, 4.69) is 93.7 Å². The number of carbonyl (C=O) groups is 2. The third-order valence-corrected chi connectivity index (χ3v) is 11.1. The van der Waals surface area contributed by atoms with Gasteiger partial charge in [0.05, 0.1) is 0 Å². The van der Waals surface area contributed by atoms with Crippen LogP contribution < -0.4 is 15.7 Å². The Morgan fingerprint density at radius 1 is 0.818 bits per heavy atom. The number of hydrogen-bond donors (Lipinski definition) is 1. The van der Waals surface area contributed by atoms with Gasteiger partial charge < -0.3 is 9.74 Å². The first-order valence-electron chi connectivity index (χ1n) is 12.4. The van der Waals surface area contributed by atoms with E-state index >= 15 is 0 Å². The number of nitrogens with one attached hydrogen (secondary N) is 1. The molecule has 0 heterocycles. The summed E-state index contributed by atoms with van der Waals surface area (Å²) >= 11 is 0. The van der Waals surface area contributed by atoms with Gasteiger partial charge in [-0.25, -0.2) is 0 Å². The predicted octanol–water partition coefficient (Wildman–Crippen LogP) is 5.00. The van der Waals surface area contributed by atoms with Gasteiger partial charge in [0.15, 0.2) is 0 Å². The minimum atomic E-state index is -2.48. The lowest BCUT2D eigenvalue weighted by Gasteiger charge is -2.43. The molecule has 0 unspecified atom stereocenters. The van der Waals surface area contributed by atoms with Gasteiger partial charge in [-0.05, 0) is 41.1 Å². The highest BCUT2D eigenvalue weighted by molar-refractivity contribution is 6.99. The molecule has 4 nitrogen and oxygen atoms in total. The summed E-state index contributed by atoms with van der Waals surface area (Å²) in [4.78, 5) is 23.7. The molecule has 0 saturated carbocycles. The van der Waals surface area contributed by atoms with Gasteiger partial charge in [-0.1, -0.05) is 101 Å². The molecular formula is C28H41NO3Si. The second-order valence-corrected chi connectivity index (χ2v) is 14.0. The van der Waals surface area contributed by atoms with E-state index in [0.717, 1.165) is 38.5 Å². The summed E-state index contributed by atoms with van der Waals surface area (Å²) in [5.74, 6) is -0.729.